The van der Waals surface area contributed by atoms with Gasteiger partial charge in [-0.3, -0.25) is 0 Å². The van der Waals surface area contributed by atoms with Crippen molar-refractivity contribution in [3.05, 3.63) is 48.5 Å². The van der Waals surface area contributed by atoms with Gasteiger partial charge in [0.2, 0.25) is 0 Å². The standard InChI is InChI=1S/C18H24N4/c19-15-1-5-17(6-2-15)21-13-14-9-11-22(12-10-14)18-7-3-16(20)4-8-18/h1-8,14,21H,9-13,19-20H2. The van der Waals surface area contributed by atoms with Gasteiger partial charge < -0.3 is 21.7 Å². The van der Waals surface area contributed by atoms with Gasteiger partial charge in [-0.2, -0.15) is 0 Å². The molecule has 3 rings (SSSR count). The summed E-state index contributed by atoms with van der Waals surface area (Å²) in [5.41, 5.74) is 15.5. The van der Waals surface area contributed by atoms with Crippen molar-refractivity contribution < 1.29 is 0 Å². The summed E-state index contributed by atoms with van der Waals surface area (Å²) in [5, 5.41) is 3.51. The van der Waals surface area contributed by atoms with Crippen molar-refractivity contribution in [1.82, 2.24) is 0 Å². The summed E-state index contributed by atoms with van der Waals surface area (Å²) in [6, 6.07) is 16.1. The maximum atomic E-state index is 5.75. The molecule has 0 unspecified atom stereocenters. The van der Waals surface area contributed by atoms with Gasteiger partial charge >= 0.3 is 0 Å². The molecule has 22 heavy (non-hydrogen) atoms. The summed E-state index contributed by atoms with van der Waals surface area (Å²) in [6.07, 6.45) is 2.43. The molecule has 0 atom stereocenters. The van der Waals surface area contributed by atoms with Gasteiger partial charge in [0.05, 0.1) is 0 Å². The molecule has 1 saturated heterocycles. The Balaban J connectivity index is 1.47. The van der Waals surface area contributed by atoms with E-state index in [4.69, 9.17) is 11.5 Å². The summed E-state index contributed by atoms with van der Waals surface area (Å²) in [4.78, 5) is 2.44. The van der Waals surface area contributed by atoms with E-state index in [2.05, 4.69) is 22.3 Å². The van der Waals surface area contributed by atoms with E-state index in [1.807, 2.05) is 36.4 Å². The second-order valence-electron chi connectivity index (χ2n) is 6.02. The normalized spacial score (nSPS) is 15.7. The number of benzene rings is 2. The highest BCUT2D eigenvalue weighted by Gasteiger charge is 2.19. The van der Waals surface area contributed by atoms with Crippen LogP contribution in [0, 0.1) is 5.92 Å². The fourth-order valence-corrected chi connectivity index (χ4v) is 2.94. The fourth-order valence-electron chi connectivity index (χ4n) is 2.94. The van der Waals surface area contributed by atoms with Crippen LogP contribution >= 0.6 is 0 Å². The van der Waals surface area contributed by atoms with E-state index in [9.17, 15) is 0 Å². The Labute approximate surface area is 132 Å². The Kier molecular flexibility index (Phi) is 4.37. The summed E-state index contributed by atoms with van der Waals surface area (Å²) in [7, 11) is 0. The maximum absolute atomic E-state index is 5.75. The smallest absolute Gasteiger partial charge is 0.0367 e. The van der Waals surface area contributed by atoms with Gasteiger partial charge in [-0.15, -0.1) is 0 Å². The lowest BCUT2D eigenvalue weighted by Gasteiger charge is -2.34. The molecular formula is C18H24N4. The topological polar surface area (TPSA) is 67.3 Å². The molecule has 0 bridgehead atoms. The van der Waals surface area contributed by atoms with Crippen molar-refractivity contribution in [2.75, 3.05) is 41.3 Å². The highest BCUT2D eigenvalue weighted by Crippen LogP contribution is 2.24. The minimum absolute atomic E-state index is 0.725. The minimum atomic E-state index is 0.725. The van der Waals surface area contributed by atoms with Crippen molar-refractivity contribution in [2.45, 2.75) is 12.8 Å². The Morgan fingerprint density at radius 3 is 2.00 bits per heavy atom. The third-order valence-electron chi connectivity index (χ3n) is 4.38. The third kappa shape index (κ3) is 3.64. The average Bonchev–Trinajstić information content (AvgIpc) is 2.56. The van der Waals surface area contributed by atoms with Crippen LogP contribution in [-0.2, 0) is 0 Å². The highest BCUT2D eigenvalue weighted by atomic mass is 15.1. The first-order valence-corrected chi connectivity index (χ1v) is 7.90. The first-order chi connectivity index (χ1) is 10.7. The van der Waals surface area contributed by atoms with Crippen LogP contribution in [0.3, 0.4) is 0 Å². The predicted molar refractivity (Wildman–Crippen MR) is 95.1 cm³/mol. The van der Waals surface area contributed by atoms with Crippen molar-refractivity contribution in [1.29, 1.82) is 0 Å². The Morgan fingerprint density at radius 2 is 1.41 bits per heavy atom. The summed E-state index contributed by atoms with van der Waals surface area (Å²) in [5.74, 6) is 0.725. The molecule has 116 valence electrons. The minimum Gasteiger partial charge on any atom is -0.399 e. The number of nitrogens with zero attached hydrogens (tertiary/aromatic N) is 1. The molecule has 0 aromatic heterocycles. The van der Waals surface area contributed by atoms with Gasteiger partial charge in [0.15, 0.2) is 0 Å². The van der Waals surface area contributed by atoms with Crippen molar-refractivity contribution in [3.63, 3.8) is 0 Å². The summed E-state index contributed by atoms with van der Waals surface area (Å²) >= 11 is 0. The second kappa shape index (κ2) is 6.60. The van der Waals surface area contributed by atoms with Gasteiger partial charge in [0.25, 0.3) is 0 Å². The van der Waals surface area contributed by atoms with Gasteiger partial charge in [0.1, 0.15) is 0 Å². The van der Waals surface area contributed by atoms with Crippen LogP contribution in [0.2, 0.25) is 0 Å². The van der Waals surface area contributed by atoms with Gasteiger partial charge in [-0.1, -0.05) is 0 Å². The Morgan fingerprint density at radius 1 is 0.864 bits per heavy atom. The zero-order chi connectivity index (χ0) is 15.4. The van der Waals surface area contributed by atoms with Crippen LogP contribution in [-0.4, -0.2) is 19.6 Å². The van der Waals surface area contributed by atoms with E-state index in [1.54, 1.807) is 0 Å². The van der Waals surface area contributed by atoms with E-state index in [0.29, 0.717) is 0 Å². The number of hydrogen-bond acceptors (Lipinski definition) is 4. The van der Waals surface area contributed by atoms with Crippen LogP contribution in [0.5, 0.6) is 0 Å². The number of anilines is 4. The summed E-state index contributed by atoms with van der Waals surface area (Å²) in [6.45, 7) is 3.25. The molecule has 2 aromatic rings. The SMILES string of the molecule is Nc1ccc(NCC2CCN(c3ccc(N)cc3)CC2)cc1. The zero-order valence-electron chi connectivity index (χ0n) is 12.8. The van der Waals surface area contributed by atoms with Gasteiger partial charge in [0, 0.05) is 42.4 Å². The Bertz CT molecular complexity index is 583. The Hall–Kier alpha value is -2.36. The molecule has 0 aliphatic carbocycles. The van der Waals surface area contributed by atoms with Crippen LogP contribution < -0.4 is 21.7 Å². The maximum Gasteiger partial charge on any atom is 0.0367 e. The van der Waals surface area contributed by atoms with E-state index in [1.165, 1.54) is 18.5 Å². The predicted octanol–water partition coefficient (Wildman–Crippen LogP) is 3.18. The summed E-state index contributed by atoms with van der Waals surface area (Å²) < 4.78 is 0. The molecular weight excluding hydrogens is 272 g/mol. The third-order valence-corrected chi connectivity index (χ3v) is 4.38. The second-order valence-corrected chi connectivity index (χ2v) is 6.02. The molecule has 1 heterocycles. The molecule has 5 N–H and O–H groups in total. The average molecular weight is 296 g/mol. The molecule has 0 saturated carbocycles. The lowest BCUT2D eigenvalue weighted by molar-refractivity contribution is 0.423. The van der Waals surface area contributed by atoms with Crippen LogP contribution in [0.25, 0.3) is 0 Å². The largest absolute Gasteiger partial charge is 0.399 e. The van der Waals surface area contributed by atoms with Gasteiger partial charge in [-0.05, 0) is 67.3 Å². The quantitative estimate of drug-likeness (QED) is 0.758. The molecule has 1 aliphatic rings. The fraction of sp³-hybridized carbons (Fsp3) is 0.333. The van der Waals surface area contributed by atoms with E-state index >= 15 is 0 Å². The number of rotatable bonds is 4. The number of piperidine rings is 1. The number of hydrogen-bond donors (Lipinski definition) is 3. The van der Waals surface area contributed by atoms with Crippen LogP contribution in [0.1, 0.15) is 12.8 Å². The molecule has 1 fully saturated rings. The van der Waals surface area contributed by atoms with Crippen molar-refractivity contribution in [3.8, 4) is 0 Å². The molecule has 4 nitrogen and oxygen atoms in total. The molecule has 0 spiro atoms. The van der Waals surface area contributed by atoms with E-state index in [0.717, 1.165) is 42.6 Å². The van der Waals surface area contributed by atoms with Crippen LogP contribution in [0.4, 0.5) is 22.7 Å². The molecule has 2 aromatic carbocycles. The zero-order valence-corrected chi connectivity index (χ0v) is 12.8. The lowest BCUT2D eigenvalue weighted by Crippen LogP contribution is -2.35. The van der Waals surface area contributed by atoms with Crippen LogP contribution in [0.15, 0.2) is 48.5 Å². The first kappa shape index (κ1) is 14.6. The molecule has 4 heteroatoms. The molecule has 0 radical (unpaired) electrons. The number of nitrogens with one attached hydrogen (secondary N) is 1. The number of nitrogen functional groups attached to an aromatic ring is 2. The van der Waals surface area contributed by atoms with Gasteiger partial charge in [-0.25, -0.2) is 0 Å². The lowest BCUT2D eigenvalue weighted by atomic mass is 9.96. The molecule has 0 amide bonds. The van der Waals surface area contributed by atoms with E-state index in [-0.39, 0.29) is 0 Å². The first-order valence-electron chi connectivity index (χ1n) is 7.90. The molecule has 1 aliphatic heterocycles. The van der Waals surface area contributed by atoms with Crippen molar-refractivity contribution in [2.24, 2.45) is 5.92 Å². The number of nitrogens with two attached hydrogens (primary N) is 2. The monoisotopic (exact) mass is 296 g/mol. The highest BCUT2D eigenvalue weighted by molar-refractivity contribution is 5.53. The van der Waals surface area contributed by atoms with Crippen molar-refractivity contribution >= 4 is 22.7 Å². The van der Waals surface area contributed by atoms with E-state index < -0.39 is 0 Å².